The highest BCUT2D eigenvalue weighted by Crippen LogP contribution is 2.38. The van der Waals surface area contributed by atoms with Gasteiger partial charge < -0.3 is 0 Å². The molecule has 0 N–H and O–H groups in total. The average Bonchev–Trinajstić information content (AvgIpc) is 2.81. The fourth-order valence-corrected chi connectivity index (χ4v) is 5.70. The van der Waals surface area contributed by atoms with Crippen LogP contribution in [0.1, 0.15) is 80.4 Å². The number of hydrogen-bond acceptors (Lipinski definition) is 0. The fraction of sp³-hybridized carbons (Fsp3) is 0.467. The molecule has 0 spiro atoms. The molecule has 0 heterocycles. The van der Waals surface area contributed by atoms with Crippen molar-refractivity contribution < 1.29 is 0 Å². The lowest BCUT2D eigenvalue weighted by Gasteiger charge is -2.28. The smallest absolute Gasteiger partial charge is 0.0162 e. The predicted octanol–water partition coefficient (Wildman–Crippen LogP) is 8.66. The Balaban J connectivity index is 1.38. The minimum absolute atomic E-state index is 0.759. The highest BCUT2D eigenvalue weighted by Gasteiger charge is 2.22. The summed E-state index contributed by atoms with van der Waals surface area (Å²) < 4.78 is 0. The summed E-state index contributed by atoms with van der Waals surface area (Å²) in [7, 11) is 0. The summed E-state index contributed by atoms with van der Waals surface area (Å²) in [5.74, 6) is 2.52. The zero-order valence-electron chi connectivity index (χ0n) is 18.6. The summed E-state index contributed by atoms with van der Waals surface area (Å²) in [5.41, 5.74) is 7.45. The molecule has 0 nitrogen and oxygen atoms in total. The lowest BCUT2D eigenvalue weighted by atomic mass is 9.77. The van der Waals surface area contributed by atoms with Gasteiger partial charge in [0.15, 0.2) is 0 Å². The Hall–Kier alpha value is -2.08. The highest BCUT2D eigenvalue weighted by molar-refractivity contribution is 5.65. The number of rotatable bonds is 8. The van der Waals surface area contributed by atoms with Crippen LogP contribution < -0.4 is 0 Å². The Labute approximate surface area is 184 Å². The van der Waals surface area contributed by atoms with Crippen LogP contribution in [0.25, 0.3) is 11.1 Å². The topological polar surface area (TPSA) is 0 Å². The molecule has 2 aromatic rings. The van der Waals surface area contributed by atoms with E-state index in [1.165, 1.54) is 75.3 Å². The van der Waals surface area contributed by atoms with Gasteiger partial charge >= 0.3 is 0 Å². The second-order valence-electron chi connectivity index (χ2n) is 9.66. The number of aryl methyl sites for hydroxylation is 1. The van der Waals surface area contributed by atoms with Gasteiger partial charge in [0.2, 0.25) is 0 Å². The molecule has 1 unspecified atom stereocenters. The van der Waals surface area contributed by atoms with Crippen molar-refractivity contribution in [2.45, 2.75) is 76.5 Å². The normalized spacial score (nSPS) is 23.5. The summed E-state index contributed by atoms with van der Waals surface area (Å²) in [5, 5.41) is 0. The van der Waals surface area contributed by atoms with Gasteiger partial charge in [-0.05, 0) is 116 Å². The first kappa shape index (κ1) is 21.2. The monoisotopic (exact) mass is 398 g/mol. The molecule has 0 saturated heterocycles. The van der Waals surface area contributed by atoms with Crippen molar-refractivity contribution in [1.82, 2.24) is 0 Å². The number of fused-ring (bicyclic) bond motifs is 1. The zero-order valence-corrected chi connectivity index (χ0v) is 18.6. The van der Waals surface area contributed by atoms with Gasteiger partial charge in [0, 0.05) is 0 Å². The maximum Gasteiger partial charge on any atom is -0.0162 e. The Bertz CT molecular complexity index is 833. The molecule has 0 radical (unpaired) electrons. The summed E-state index contributed by atoms with van der Waals surface area (Å²) in [6, 6.07) is 16.7. The van der Waals surface area contributed by atoms with Crippen LogP contribution in [0.15, 0.2) is 67.8 Å². The average molecular weight is 399 g/mol. The summed E-state index contributed by atoms with van der Waals surface area (Å²) in [6.45, 7) is 7.76. The second-order valence-corrected chi connectivity index (χ2v) is 9.66. The van der Waals surface area contributed by atoms with Crippen LogP contribution in [-0.4, -0.2) is 0 Å². The molecule has 30 heavy (non-hydrogen) atoms. The van der Waals surface area contributed by atoms with E-state index in [-0.39, 0.29) is 0 Å². The molecule has 0 aromatic heterocycles. The van der Waals surface area contributed by atoms with Crippen molar-refractivity contribution in [2.75, 3.05) is 0 Å². The van der Waals surface area contributed by atoms with Crippen LogP contribution in [0.2, 0.25) is 0 Å². The van der Waals surface area contributed by atoms with Gasteiger partial charge in [0.05, 0.1) is 0 Å². The van der Waals surface area contributed by atoms with E-state index >= 15 is 0 Å². The third-order valence-electron chi connectivity index (χ3n) is 7.66. The lowest BCUT2D eigenvalue weighted by molar-refractivity contribution is 0.312. The molecule has 0 bridgehead atoms. The minimum atomic E-state index is 0.759. The zero-order chi connectivity index (χ0) is 20.8. The lowest BCUT2D eigenvalue weighted by Crippen LogP contribution is -2.14. The predicted molar refractivity (Wildman–Crippen MR) is 131 cm³/mol. The van der Waals surface area contributed by atoms with E-state index < -0.39 is 0 Å². The largest absolute Gasteiger partial charge is 0.103 e. The molecule has 158 valence electrons. The minimum Gasteiger partial charge on any atom is -0.103 e. The summed E-state index contributed by atoms with van der Waals surface area (Å²) in [6.07, 6.45) is 18.4. The van der Waals surface area contributed by atoms with Crippen LogP contribution in [0, 0.1) is 11.8 Å². The summed E-state index contributed by atoms with van der Waals surface area (Å²) in [4.78, 5) is 0. The van der Waals surface area contributed by atoms with Crippen LogP contribution in [-0.2, 0) is 12.8 Å². The molecular formula is C30H38. The number of allylic oxidation sites excluding steroid dienone is 2. The highest BCUT2D eigenvalue weighted by atomic mass is 14.3. The quantitative estimate of drug-likeness (QED) is 0.390. The van der Waals surface area contributed by atoms with Gasteiger partial charge in [-0.2, -0.15) is 0 Å². The van der Waals surface area contributed by atoms with Gasteiger partial charge in [0.1, 0.15) is 0 Å². The van der Waals surface area contributed by atoms with E-state index in [4.69, 9.17) is 0 Å². The molecule has 1 saturated carbocycles. The molecular weight excluding hydrogens is 360 g/mol. The Morgan fingerprint density at radius 2 is 1.37 bits per heavy atom. The van der Waals surface area contributed by atoms with E-state index in [9.17, 15) is 0 Å². The maximum absolute atomic E-state index is 3.88. The van der Waals surface area contributed by atoms with E-state index in [2.05, 4.69) is 67.8 Å². The molecule has 0 aliphatic heterocycles. The van der Waals surface area contributed by atoms with Crippen LogP contribution in [0.5, 0.6) is 0 Å². The van der Waals surface area contributed by atoms with Crippen molar-refractivity contribution >= 4 is 0 Å². The first-order valence-electron chi connectivity index (χ1n) is 12.2. The molecule has 0 amide bonds. The first-order chi connectivity index (χ1) is 14.8. The van der Waals surface area contributed by atoms with Gasteiger partial charge in [-0.15, -0.1) is 13.2 Å². The number of hydrogen-bond donors (Lipinski definition) is 0. The van der Waals surface area contributed by atoms with Crippen molar-refractivity contribution in [1.29, 1.82) is 0 Å². The van der Waals surface area contributed by atoms with E-state index in [1.807, 2.05) is 0 Å². The van der Waals surface area contributed by atoms with Gasteiger partial charge in [-0.3, -0.25) is 0 Å². The third kappa shape index (κ3) is 5.15. The Morgan fingerprint density at radius 1 is 0.700 bits per heavy atom. The maximum atomic E-state index is 3.88. The van der Waals surface area contributed by atoms with Crippen LogP contribution in [0.3, 0.4) is 0 Å². The van der Waals surface area contributed by atoms with Crippen molar-refractivity contribution in [3.8, 4) is 11.1 Å². The van der Waals surface area contributed by atoms with Crippen molar-refractivity contribution in [3.63, 3.8) is 0 Å². The standard InChI is InChI=1S/C30H38/c1-3-5-7-23-9-12-25(13-10-23)26-15-17-27(18-16-26)29-20-19-28-21-24(8-6-4-2)11-14-30(28)22-29/h3-4,15-20,22-25H,1-2,5-14,21H2. The first-order valence-corrected chi connectivity index (χ1v) is 12.2. The molecule has 1 atom stereocenters. The molecule has 0 heteroatoms. The molecule has 2 aliphatic carbocycles. The summed E-state index contributed by atoms with van der Waals surface area (Å²) >= 11 is 0. The van der Waals surface area contributed by atoms with E-state index in [0.29, 0.717) is 0 Å². The van der Waals surface area contributed by atoms with Crippen LogP contribution in [0.4, 0.5) is 0 Å². The van der Waals surface area contributed by atoms with Crippen LogP contribution >= 0.6 is 0 Å². The third-order valence-corrected chi connectivity index (χ3v) is 7.66. The molecule has 1 fully saturated rings. The number of benzene rings is 2. The van der Waals surface area contributed by atoms with E-state index in [1.54, 1.807) is 16.7 Å². The van der Waals surface area contributed by atoms with Crippen molar-refractivity contribution in [3.05, 3.63) is 84.5 Å². The molecule has 2 aliphatic rings. The van der Waals surface area contributed by atoms with Gasteiger partial charge in [0.25, 0.3) is 0 Å². The molecule has 2 aromatic carbocycles. The van der Waals surface area contributed by atoms with Gasteiger partial charge in [-0.25, -0.2) is 0 Å². The Kier molecular flexibility index (Phi) is 7.26. The van der Waals surface area contributed by atoms with Gasteiger partial charge in [-0.1, -0.05) is 54.6 Å². The Morgan fingerprint density at radius 3 is 2.07 bits per heavy atom. The fourth-order valence-electron chi connectivity index (χ4n) is 5.70. The van der Waals surface area contributed by atoms with Crippen molar-refractivity contribution in [2.24, 2.45) is 11.8 Å². The molecule has 4 rings (SSSR count). The SMILES string of the molecule is C=CCCC1CCC(c2ccc(-c3ccc4c(c3)CCC(CCC=C)C4)cc2)CC1. The second kappa shape index (κ2) is 10.3. The van der Waals surface area contributed by atoms with E-state index in [0.717, 1.165) is 24.2 Å².